The molecule has 0 spiro atoms. The van der Waals surface area contributed by atoms with E-state index in [1.54, 1.807) is 18.2 Å². The number of nitrogens with one attached hydrogen (secondary N) is 1. The summed E-state index contributed by atoms with van der Waals surface area (Å²) in [5.41, 5.74) is 2.39. The molecule has 2 heterocycles. The van der Waals surface area contributed by atoms with Crippen molar-refractivity contribution >= 4 is 22.7 Å². The van der Waals surface area contributed by atoms with E-state index in [0.29, 0.717) is 17.6 Å². The summed E-state index contributed by atoms with van der Waals surface area (Å²) < 4.78 is 6.52. The number of oxazole rings is 1. The molecule has 1 fully saturated rings. The molecular formula is C21H24N4O3. The van der Waals surface area contributed by atoms with E-state index in [0.717, 1.165) is 32.7 Å². The Balaban J connectivity index is 1.23. The molecule has 0 bridgehead atoms. The first-order valence-electron chi connectivity index (χ1n) is 9.58. The second kappa shape index (κ2) is 8.31. The molecular weight excluding hydrogens is 356 g/mol. The molecule has 1 saturated heterocycles. The molecule has 3 aromatic rings. The number of piperazine rings is 1. The summed E-state index contributed by atoms with van der Waals surface area (Å²) in [5, 5.41) is 2.91. The van der Waals surface area contributed by atoms with Gasteiger partial charge in [0.2, 0.25) is 5.91 Å². The molecule has 4 rings (SSSR count). The summed E-state index contributed by atoms with van der Waals surface area (Å²) in [7, 11) is 0. The molecule has 7 heteroatoms. The largest absolute Gasteiger partial charge is 0.420 e. The Hall–Kier alpha value is -3.06. The molecule has 2 aromatic carbocycles. The van der Waals surface area contributed by atoms with Crippen LogP contribution in [0.2, 0.25) is 0 Å². The van der Waals surface area contributed by atoms with Crippen molar-refractivity contribution in [3.05, 3.63) is 65.1 Å². The van der Waals surface area contributed by atoms with Gasteiger partial charge in [0.05, 0.1) is 5.52 Å². The van der Waals surface area contributed by atoms with Gasteiger partial charge >= 0.3 is 5.76 Å². The van der Waals surface area contributed by atoms with Crippen LogP contribution in [0.1, 0.15) is 0 Å². The Kier molecular flexibility index (Phi) is 5.43. The third-order valence-electron chi connectivity index (χ3n) is 5.12. The Bertz CT molecular complexity index is 988. The predicted octanol–water partition coefficient (Wildman–Crippen LogP) is 1.53. The Morgan fingerprint density at radius 1 is 0.964 bits per heavy atom. The summed E-state index contributed by atoms with van der Waals surface area (Å²) in [4.78, 5) is 28.9. The number of para-hydroxylation sites is 3. The number of carbonyl (C=O) groups excluding carboxylic acids is 1. The average molecular weight is 380 g/mol. The molecule has 1 aliphatic rings. The van der Waals surface area contributed by atoms with Crippen LogP contribution in [0, 0.1) is 0 Å². The van der Waals surface area contributed by atoms with E-state index < -0.39 is 5.76 Å². The van der Waals surface area contributed by atoms with Crippen molar-refractivity contribution in [2.45, 2.75) is 6.54 Å². The molecule has 146 valence electrons. The van der Waals surface area contributed by atoms with E-state index >= 15 is 0 Å². The van der Waals surface area contributed by atoms with Crippen LogP contribution in [0.15, 0.2) is 63.8 Å². The number of rotatable bonds is 6. The van der Waals surface area contributed by atoms with E-state index in [9.17, 15) is 9.59 Å². The maximum atomic E-state index is 12.2. The van der Waals surface area contributed by atoms with Gasteiger partial charge in [-0.05, 0) is 24.3 Å². The summed E-state index contributed by atoms with van der Waals surface area (Å²) in [6.45, 7) is 5.23. The van der Waals surface area contributed by atoms with E-state index in [-0.39, 0.29) is 12.5 Å². The second-order valence-corrected chi connectivity index (χ2v) is 6.94. The number of anilines is 1. The number of benzene rings is 2. The maximum absolute atomic E-state index is 12.2. The molecule has 28 heavy (non-hydrogen) atoms. The molecule has 1 N–H and O–H groups in total. The zero-order chi connectivity index (χ0) is 19.3. The van der Waals surface area contributed by atoms with Crippen LogP contribution in [0.3, 0.4) is 0 Å². The lowest BCUT2D eigenvalue weighted by molar-refractivity contribution is -0.121. The fraction of sp³-hybridized carbons (Fsp3) is 0.333. The number of aromatic nitrogens is 1. The second-order valence-electron chi connectivity index (χ2n) is 6.94. The third kappa shape index (κ3) is 4.09. The predicted molar refractivity (Wildman–Crippen MR) is 109 cm³/mol. The third-order valence-corrected chi connectivity index (χ3v) is 5.12. The van der Waals surface area contributed by atoms with Gasteiger partial charge in [-0.25, -0.2) is 4.79 Å². The molecule has 1 amide bonds. The van der Waals surface area contributed by atoms with Crippen LogP contribution in [-0.4, -0.2) is 54.6 Å². The lowest BCUT2D eigenvalue weighted by Crippen LogP contribution is -2.48. The number of carbonyl (C=O) groups is 1. The summed E-state index contributed by atoms with van der Waals surface area (Å²) in [6, 6.07) is 17.5. The normalized spacial score (nSPS) is 15.1. The summed E-state index contributed by atoms with van der Waals surface area (Å²) in [6.07, 6.45) is 0. The minimum absolute atomic E-state index is 0.0301. The fourth-order valence-electron chi connectivity index (χ4n) is 3.59. The molecule has 0 saturated carbocycles. The first kappa shape index (κ1) is 18.3. The average Bonchev–Trinajstić information content (AvgIpc) is 3.04. The molecule has 1 aliphatic heterocycles. The quantitative estimate of drug-likeness (QED) is 0.702. The van der Waals surface area contributed by atoms with Gasteiger partial charge in [0, 0.05) is 45.0 Å². The Labute approximate surface area is 163 Å². The zero-order valence-electron chi connectivity index (χ0n) is 15.7. The van der Waals surface area contributed by atoms with Gasteiger partial charge in [-0.2, -0.15) is 0 Å². The fourth-order valence-corrected chi connectivity index (χ4v) is 3.59. The zero-order valence-corrected chi connectivity index (χ0v) is 15.7. The first-order chi connectivity index (χ1) is 13.7. The topological polar surface area (TPSA) is 70.7 Å². The number of fused-ring (bicyclic) bond motifs is 1. The van der Waals surface area contributed by atoms with Crippen molar-refractivity contribution < 1.29 is 9.21 Å². The van der Waals surface area contributed by atoms with Crippen LogP contribution >= 0.6 is 0 Å². The van der Waals surface area contributed by atoms with Crippen molar-refractivity contribution in [3.8, 4) is 0 Å². The molecule has 0 unspecified atom stereocenters. The highest BCUT2D eigenvalue weighted by atomic mass is 16.4. The highest BCUT2D eigenvalue weighted by Gasteiger charge is 2.17. The highest BCUT2D eigenvalue weighted by Crippen LogP contribution is 2.15. The van der Waals surface area contributed by atoms with Crippen LogP contribution in [0.4, 0.5) is 5.69 Å². The van der Waals surface area contributed by atoms with Gasteiger partial charge in [-0.3, -0.25) is 14.3 Å². The molecule has 0 atom stereocenters. The minimum Gasteiger partial charge on any atom is -0.408 e. The SMILES string of the molecule is O=C(Cn1c(=O)oc2ccccc21)NCCN1CCN(c2ccccc2)CC1. The monoisotopic (exact) mass is 380 g/mol. The molecule has 7 nitrogen and oxygen atoms in total. The standard InChI is InChI=1S/C21H24N4O3/c26-20(16-25-18-8-4-5-9-19(18)28-21(25)27)22-10-11-23-12-14-24(15-13-23)17-6-2-1-3-7-17/h1-9H,10-16H2,(H,22,26). The number of hydrogen-bond acceptors (Lipinski definition) is 5. The number of hydrogen-bond donors (Lipinski definition) is 1. The highest BCUT2D eigenvalue weighted by molar-refractivity contribution is 5.79. The van der Waals surface area contributed by atoms with Gasteiger partial charge in [-0.1, -0.05) is 30.3 Å². The smallest absolute Gasteiger partial charge is 0.408 e. The Morgan fingerprint density at radius 3 is 2.46 bits per heavy atom. The van der Waals surface area contributed by atoms with Crippen LogP contribution in [0.5, 0.6) is 0 Å². The van der Waals surface area contributed by atoms with E-state index in [1.807, 2.05) is 12.1 Å². The van der Waals surface area contributed by atoms with Crippen LogP contribution < -0.4 is 16.0 Å². The van der Waals surface area contributed by atoms with Crippen molar-refractivity contribution in [2.24, 2.45) is 0 Å². The van der Waals surface area contributed by atoms with E-state index in [1.165, 1.54) is 10.3 Å². The number of amides is 1. The van der Waals surface area contributed by atoms with Crippen molar-refractivity contribution in [2.75, 3.05) is 44.2 Å². The van der Waals surface area contributed by atoms with Crippen molar-refractivity contribution in [1.29, 1.82) is 0 Å². The lowest BCUT2D eigenvalue weighted by Gasteiger charge is -2.36. The maximum Gasteiger partial charge on any atom is 0.420 e. The van der Waals surface area contributed by atoms with Gasteiger partial charge in [0.1, 0.15) is 6.54 Å². The minimum atomic E-state index is -0.506. The van der Waals surface area contributed by atoms with E-state index in [4.69, 9.17) is 4.42 Å². The molecule has 0 aliphatic carbocycles. The summed E-state index contributed by atoms with van der Waals surface area (Å²) >= 11 is 0. The van der Waals surface area contributed by atoms with Crippen LogP contribution in [0.25, 0.3) is 11.1 Å². The van der Waals surface area contributed by atoms with Crippen molar-refractivity contribution in [3.63, 3.8) is 0 Å². The van der Waals surface area contributed by atoms with Gasteiger partial charge in [-0.15, -0.1) is 0 Å². The molecule has 1 aromatic heterocycles. The van der Waals surface area contributed by atoms with Gasteiger partial charge < -0.3 is 14.6 Å². The van der Waals surface area contributed by atoms with E-state index in [2.05, 4.69) is 39.4 Å². The summed E-state index contributed by atoms with van der Waals surface area (Å²) in [5.74, 6) is -0.690. The van der Waals surface area contributed by atoms with Gasteiger partial charge in [0.15, 0.2) is 5.58 Å². The lowest BCUT2D eigenvalue weighted by atomic mass is 10.2. The first-order valence-corrected chi connectivity index (χ1v) is 9.58. The van der Waals surface area contributed by atoms with Crippen LogP contribution in [-0.2, 0) is 11.3 Å². The molecule has 0 radical (unpaired) electrons. The van der Waals surface area contributed by atoms with Gasteiger partial charge in [0.25, 0.3) is 0 Å². The Morgan fingerprint density at radius 2 is 1.68 bits per heavy atom. The van der Waals surface area contributed by atoms with Crippen molar-refractivity contribution in [1.82, 2.24) is 14.8 Å². The number of nitrogens with zero attached hydrogens (tertiary/aromatic N) is 3.